The van der Waals surface area contributed by atoms with Crippen LogP contribution in [0.5, 0.6) is 5.75 Å². The summed E-state index contributed by atoms with van der Waals surface area (Å²) in [6.45, 7) is 1.71. The van der Waals surface area contributed by atoms with Crippen molar-refractivity contribution in [2.24, 2.45) is 0 Å². The topological polar surface area (TPSA) is 59.6 Å². The molecule has 8 heteroatoms. The summed E-state index contributed by atoms with van der Waals surface area (Å²) >= 11 is 0. The molecular formula is C13H15F3N2O3. The van der Waals surface area contributed by atoms with Crippen molar-refractivity contribution in [1.29, 1.82) is 0 Å². The van der Waals surface area contributed by atoms with E-state index in [9.17, 15) is 18.0 Å². The maximum Gasteiger partial charge on any atom is 0.573 e. The maximum atomic E-state index is 12.1. The molecule has 2 N–H and O–H groups in total. The molecule has 0 spiro atoms. The Morgan fingerprint density at radius 3 is 2.95 bits per heavy atom. The summed E-state index contributed by atoms with van der Waals surface area (Å²) in [4.78, 5) is 11.8. The van der Waals surface area contributed by atoms with Crippen molar-refractivity contribution in [2.45, 2.75) is 18.8 Å². The first-order valence-corrected chi connectivity index (χ1v) is 6.39. The van der Waals surface area contributed by atoms with Gasteiger partial charge in [-0.15, -0.1) is 13.2 Å². The molecule has 116 valence electrons. The van der Waals surface area contributed by atoms with Crippen molar-refractivity contribution in [1.82, 2.24) is 5.32 Å². The molecule has 1 aromatic rings. The SMILES string of the molecule is O=C(CC1COCCN1)Nc1cccc(OC(F)(F)F)c1. The molecule has 0 radical (unpaired) electrons. The van der Waals surface area contributed by atoms with E-state index in [0.29, 0.717) is 19.8 Å². The molecule has 0 bridgehead atoms. The molecule has 1 aliphatic heterocycles. The number of anilines is 1. The lowest BCUT2D eigenvalue weighted by molar-refractivity contribution is -0.274. The molecule has 1 heterocycles. The normalized spacial score (nSPS) is 19.1. The van der Waals surface area contributed by atoms with Crippen LogP contribution in [0, 0.1) is 0 Å². The van der Waals surface area contributed by atoms with Crippen LogP contribution in [0.25, 0.3) is 0 Å². The van der Waals surface area contributed by atoms with E-state index in [1.807, 2.05) is 0 Å². The number of morpholine rings is 1. The Hall–Kier alpha value is -1.80. The number of benzene rings is 1. The Kier molecular flexibility index (Phi) is 5.03. The summed E-state index contributed by atoms with van der Waals surface area (Å²) in [6.07, 6.45) is -4.57. The van der Waals surface area contributed by atoms with Crippen LogP contribution in [0.1, 0.15) is 6.42 Å². The standard InChI is InChI=1S/C13H15F3N2O3/c14-13(15,16)21-11-3-1-2-9(6-11)18-12(19)7-10-8-20-5-4-17-10/h1-3,6,10,17H,4-5,7-8H2,(H,18,19). The van der Waals surface area contributed by atoms with E-state index in [1.54, 1.807) is 0 Å². The highest BCUT2D eigenvalue weighted by molar-refractivity contribution is 5.91. The number of ether oxygens (including phenoxy) is 2. The largest absolute Gasteiger partial charge is 0.573 e. The zero-order valence-electron chi connectivity index (χ0n) is 11.1. The number of hydrogen-bond acceptors (Lipinski definition) is 4. The molecule has 2 rings (SSSR count). The zero-order chi connectivity index (χ0) is 15.3. The van der Waals surface area contributed by atoms with Gasteiger partial charge in [0.2, 0.25) is 5.91 Å². The fourth-order valence-electron chi connectivity index (χ4n) is 1.96. The molecule has 5 nitrogen and oxygen atoms in total. The number of carbonyl (C=O) groups is 1. The van der Waals surface area contributed by atoms with Crippen molar-refractivity contribution >= 4 is 11.6 Å². The van der Waals surface area contributed by atoms with Gasteiger partial charge in [-0.2, -0.15) is 0 Å². The van der Waals surface area contributed by atoms with Gasteiger partial charge in [0.15, 0.2) is 0 Å². The van der Waals surface area contributed by atoms with Crippen LogP contribution in [0.4, 0.5) is 18.9 Å². The number of amides is 1. The van der Waals surface area contributed by atoms with Gasteiger partial charge in [0.05, 0.1) is 13.2 Å². The van der Waals surface area contributed by atoms with Crippen LogP contribution in [-0.2, 0) is 9.53 Å². The predicted molar refractivity (Wildman–Crippen MR) is 69.0 cm³/mol. The van der Waals surface area contributed by atoms with Gasteiger partial charge in [-0.05, 0) is 12.1 Å². The molecule has 1 saturated heterocycles. The summed E-state index contributed by atoms with van der Waals surface area (Å²) in [7, 11) is 0. The minimum Gasteiger partial charge on any atom is -0.406 e. The molecule has 0 aromatic heterocycles. The molecule has 0 saturated carbocycles. The van der Waals surface area contributed by atoms with Gasteiger partial charge >= 0.3 is 6.36 Å². The Bertz CT molecular complexity index is 488. The first-order chi connectivity index (χ1) is 9.92. The van der Waals surface area contributed by atoms with E-state index in [0.717, 1.165) is 6.07 Å². The third-order valence-corrected chi connectivity index (χ3v) is 2.78. The van der Waals surface area contributed by atoms with E-state index in [2.05, 4.69) is 15.4 Å². The van der Waals surface area contributed by atoms with Gasteiger partial charge in [-0.1, -0.05) is 6.07 Å². The average molecular weight is 304 g/mol. The smallest absolute Gasteiger partial charge is 0.406 e. The maximum absolute atomic E-state index is 12.1. The minimum atomic E-state index is -4.76. The first kappa shape index (κ1) is 15.6. The van der Waals surface area contributed by atoms with Crippen molar-refractivity contribution in [2.75, 3.05) is 25.1 Å². The Balaban J connectivity index is 1.89. The van der Waals surface area contributed by atoms with E-state index >= 15 is 0 Å². The molecule has 1 fully saturated rings. The molecule has 1 atom stereocenters. The Morgan fingerprint density at radius 1 is 1.48 bits per heavy atom. The van der Waals surface area contributed by atoms with E-state index < -0.39 is 6.36 Å². The molecule has 1 amide bonds. The van der Waals surface area contributed by atoms with Gasteiger partial charge in [-0.25, -0.2) is 0 Å². The second-order valence-electron chi connectivity index (χ2n) is 4.55. The molecule has 1 unspecified atom stereocenters. The molecule has 0 aliphatic carbocycles. The highest BCUT2D eigenvalue weighted by Gasteiger charge is 2.31. The fraction of sp³-hybridized carbons (Fsp3) is 0.462. The monoisotopic (exact) mass is 304 g/mol. The van der Waals surface area contributed by atoms with Gasteiger partial charge in [-0.3, -0.25) is 4.79 Å². The zero-order valence-corrected chi connectivity index (χ0v) is 11.1. The van der Waals surface area contributed by atoms with Crippen LogP contribution < -0.4 is 15.4 Å². The number of halogens is 3. The van der Waals surface area contributed by atoms with Crippen molar-refractivity contribution in [3.8, 4) is 5.75 Å². The summed E-state index contributed by atoms with van der Waals surface area (Å²) in [5, 5.41) is 5.65. The summed E-state index contributed by atoms with van der Waals surface area (Å²) < 4.78 is 45.3. The van der Waals surface area contributed by atoms with E-state index in [-0.39, 0.29) is 29.8 Å². The lowest BCUT2D eigenvalue weighted by Crippen LogP contribution is -2.43. The summed E-state index contributed by atoms with van der Waals surface area (Å²) in [6, 6.07) is 5.06. The minimum absolute atomic E-state index is 0.0895. The summed E-state index contributed by atoms with van der Waals surface area (Å²) in [5.74, 6) is -0.679. The van der Waals surface area contributed by atoms with Gasteiger partial charge in [0.1, 0.15) is 5.75 Å². The Morgan fingerprint density at radius 2 is 2.29 bits per heavy atom. The van der Waals surface area contributed by atoms with E-state index in [4.69, 9.17) is 4.74 Å². The predicted octanol–water partition coefficient (Wildman–Crippen LogP) is 1.90. The number of alkyl halides is 3. The second-order valence-corrected chi connectivity index (χ2v) is 4.55. The van der Waals surface area contributed by atoms with Crippen molar-refractivity contribution in [3.63, 3.8) is 0 Å². The highest BCUT2D eigenvalue weighted by atomic mass is 19.4. The Labute approximate surface area is 119 Å². The first-order valence-electron chi connectivity index (χ1n) is 6.39. The lowest BCUT2D eigenvalue weighted by atomic mass is 10.2. The number of carbonyl (C=O) groups excluding carboxylic acids is 1. The lowest BCUT2D eigenvalue weighted by Gasteiger charge is -2.23. The van der Waals surface area contributed by atoms with Gasteiger partial charge in [0.25, 0.3) is 0 Å². The average Bonchev–Trinajstić information content (AvgIpc) is 2.38. The van der Waals surface area contributed by atoms with Crippen molar-refractivity contribution in [3.05, 3.63) is 24.3 Å². The van der Waals surface area contributed by atoms with Crippen LogP contribution >= 0.6 is 0 Å². The van der Waals surface area contributed by atoms with Crippen LogP contribution in [-0.4, -0.2) is 38.1 Å². The van der Waals surface area contributed by atoms with E-state index in [1.165, 1.54) is 18.2 Å². The molecular weight excluding hydrogens is 289 g/mol. The van der Waals surface area contributed by atoms with Gasteiger partial charge in [0, 0.05) is 30.8 Å². The van der Waals surface area contributed by atoms with Crippen molar-refractivity contribution < 1.29 is 27.4 Å². The number of nitrogens with one attached hydrogen (secondary N) is 2. The third kappa shape index (κ3) is 5.60. The number of rotatable bonds is 4. The molecule has 1 aromatic carbocycles. The van der Waals surface area contributed by atoms with Crippen LogP contribution in [0.15, 0.2) is 24.3 Å². The van der Waals surface area contributed by atoms with Crippen LogP contribution in [0.3, 0.4) is 0 Å². The molecule has 21 heavy (non-hydrogen) atoms. The second kappa shape index (κ2) is 6.77. The number of hydrogen-bond donors (Lipinski definition) is 2. The summed E-state index contributed by atoms with van der Waals surface area (Å²) in [5.41, 5.74) is 0.249. The fourth-order valence-corrected chi connectivity index (χ4v) is 1.96. The van der Waals surface area contributed by atoms with Crippen LogP contribution in [0.2, 0.25) is 0 Å². The third-order valence-electron chi connectivity index (χ3n) is 2.78. The quantitative estimate of drug-likeness (QED) is 0.892. The molecule has 1 aliphatic rings. The van der Waals surface area contributed by atoms with Gasteiger partial charge < -0.3 is 20.1 Å². The highest BCUT2D eigenvalue weighted by Crippen LogP contribution is 2.25.